The molecule has 0 saturated carbocycles. The molecule has 2 nitrogen and oxygen atoms in total. The van der Waals surface area contributed by atoms with Crippen LogP contribution >= 0.6 is 15.9 Å². The Morgan fingerprint density at radius 1 is 1.17 bits per heavy atom. The van der Waals surface area contributed by atoms with Gasteiger partial charge in [-0.15, -0.1) is 0 Å². The van der Waals surface area contributed by atoms with Crippen LogP contribution < -0.4 is 5.32 Å². The average molecular weight is 317 g/mol. The molecular weight excluding hydrogens is 309 g/mol. The fourth-order valence-electron chi connectivity index (χ4n) is 1.38. The Morgan fingerprint density at radius 3 is 2.61 bits per heavy atom. The molecule has 0 radical (unpaired) electrons. The molecule has 1 aromatic heterocycles. The topological polar surface area (TPSA) is 24.9 Å². The molecule has 0 amide bonds. The zero-order chi connectivity index (χ0) is 13.1. The van der Waals surface area contributed by atoms with E-state index in [1.165, 1.54) is 0 Å². The fraction of sp³-hybridized carbons (Fsp3) is 0.0833. The van der Waals surface area contributed by atoms with Gasteiger partial charge in [0.05, 0.1) is 17.9 Å². The van der Waals surface area contributed by atoms with E-state index in [0.29, 0.717) is 11.8 Å². The molecule has 1 N–H and O–H groups in total. The Bertz CT molecular complexity index is 558. The highest BCUT2D eigenvalue weighted by Crippen LogP contribution is 2.19. The third-order valence-corrected chi connectivity index (χ3v) is 2.71. The zero-order valence-corrected chi connectivity index (χ0v) is 10.6. The van der Waals surface area contributed by atoms with Crippen LogP contribution in [0.4, 0.5) is 18.9 Å². The maximum Gasteiger partial charge on any atom is 0.182 e. The minimum absolute atomic E-state index is 0.174. The molecule has 2 rings (SSSR count). The molecule has 6 heteroatoms. The lowest BCUT2D eigenvalue weighted by Crippen LogP contribution is -2.04. The van der Waals surface area contributed by atoms with Crippen molar-refractivity contribution in [2.75, 3.05) is 5.32 Å². The number of nitrogens with one attached hydrogen (secondary N) is 1. The van der Waals surface area contributed by atoms with Crippen molar-refractivity contribution in [1.29, 1.82) is 0 Å². The van der Waals surface area contributed by atoms with Crippen LogP contribution in [0, 0.1) is 17.5 Å². The normalized spacial score (nSPS) is 10.4. The number of rotatable bonds is 3. The van der Waals surface area contributed by atoms with Crippen LogP contribution in [-0.4, -0.2) is 4.98 Å². The van der Waals surface area contributed by atoms with Crippen molar-refractivity contribution in [2.24, 2.45) is 0 Å². The van der Waals surface area contributed by atoms with E-state index >= 15 is 0 Å². The molecule has 0 atom stereocenters. The van der Waals surface area contributed by atoms with E-state index in [2.05, 4.69) is 26.2 Å². The van der Waals surface area contributed by atoms with Crippen molar-refractivity contribution in [1.82, 2.24) is 4.98 Å². The Labute approximate surface area is 110 Å². The van der Waals surface area contributed by atoms with Gasteiger partial charge in [-0.05, 0) is 28.1 Å². The molecule has 2 aromatic rings. The molecule has 1 aromatic carbocycles. The van der Waals surface area contributed by atoms with Gasteiger partial charge in [0, 0.05) is 22.8 Å². The maximum atomic E-state index is 13.3. The molecule has 0 fully saturated rings. The summed E-state index contributed by atoms with van der Waals surface area (Å²) in [6, 6.07) is 4.88. The second kappa shape index (κ2) is 5.39. The third kappa shape index (κ3) is 3.01. The van der Waals surface area contributed by atoms with Crippen LogP contribution in [-0.2, 0) is 6.54 Å². The monoisotopic (exact) mass is 316 g/mol. The van der Waals surface area contributed by atoms with Gasteiger partial charge < -0.3 is 5.32 Å². The van der Waals surface area contributed by atoms with E-state index in [1.807, 2.05) is 0 Å². The Balaban J connectivity index is 2.13. The summed E-state index contributed by atoms with van der Waals surface area (Å²) < 4.78 is 40.0. The van der Waals surface area contributed by atoms with Crippen LogP contribution in [0.25, 0.3) is 0 Å². The number of anilines is 1. The molecular formula is C12H8BrF3N2. The van der Waals surface area contributed by atoms with Gasteiger partial charge >= 0.3 is 0 Å². The van der Waals surface area contributed by atoms with Gasteiger partial charge in [0.25, 0.3) is 0 Å². The Morgan fingerprint density at radius 2 is 1.94 bits per heavy atom. The highest BCUT2D eigenvalue weighted by atomic mass is 79.9. The Hall–Kier alpha value is -1.56. The van der Waals surface area contributed by atoms with Crippen molar-refractivity contribution in [3.63, 3.8) is 0 Å². The van der Waals surface area contributed by atoms with E-state index in [-0.39, 0.29) is 12.2 Å². The largest absolute Gasteiger partial charge is 0.377 e. The number of aromatic nitrogens is 1. The summed E-state index contributed by atoms with van der Waals surface area (Å²) in [5.41, 5.74) is 0.402. The predicted molar refractivity (Wildman–Crippen MR) is 65.6 cm³/mol. The van der Waals surface area contributed by atoms with E-state index < -0.39 is 17.5 Å². The molecule has 0 bridgehead atoms. The number of nitrogens with zero attached hydrogens (tertiary/aromatic N) is 1. The van der Waals surface area contributed by atoms with Gasteiger partial charge in [-0.2, -0.15) is 0 Å². The van der Waals surface area contributed by atoms with Gasteiger partial charge in [0.15, 0.2) is 11.6 Å². The minimum Gasteiger partial charge on any atom is -0.377 e. The fourth-order valence-corrected chi connectivity index (χ4v) is 1.62. The lowest BCUT2D eigenvalue weighted by Gasteiger charge is -2.08. The first-order valence-corrected chi connectivity index (χ1v) is 5.84. The summed E-state index contributed by atoms with van der Waals surface area (Å²) in [5, 5.41) is 2.60. The SMILES string of the molecule is Fc1cc(F)c(F)c(NCc2ccc(Br)cn2)c1. The van der Waals surface area contributed by atoms with Gasteiger partial charge in [-0.3, -0.25) is 4.98 Å². The summed E-state index contributed by atoms with van der Waals surface area (Å²) in [6.45, 7) is 0.174. The van der Waals surface area contributed by atoms with E-state index in [0.717, 1.165) is 10.5 Å². The summed E-state index contributed by atoms with van der Waals surface area (Å²) in [6.07, 6.45) is 1.58. The zero-order valence-electron chi connectivity index (χ0n) is 9.05. The first-order chi connectivity index (χ1) is 8.56. The summed E-state index contributed by atoms with van der Waals surface area (Å²) in [4.78, 5) is 4.05. The Kier molecular flexibility index (Phi) is 3.86. The second-order valence-electron chi connectivity index (χ2n) is 3.57. The molecule has 0 aliphatic heterocycles. The standard InChI is InChI=1S/C12H8BrF3N2/c13-7-1-2-9(17-5-7)6-18-11-4-8(14)3-10(15)12(11)16/h1-5,18H,6H2. The van der Waals surface area contributed by atoms with Crippen molar-refractivity contribution >= 4 is 21.6 Å². The lowest BCUT2D eigenvalue weighted by molar-refractivity contribution is 0.497. The van der Waals surface area contributed by atoms with Crippen LogP contribution in [0.15, 0.2) is 34.9 Å². The van der Waals surface area contributed by atoms with E-state index in [4.69, 9.17) is 0 Å². The number of hydrogen-bond donors (Lipinski definition) is 1. The van der Waals surface area contributed by atoms with Crippen LogP contribution in [0.2, 0.25) is 0 Å². The van der Waals surface area contributed by atoms with Gasteiger partial charge in [-0.25, -0.2) is 13.2 Å². The average Bonchev–Trinajstić information content (AvgIpc) is 2.34. The first kappa shape index (κ1) is 12.9. The molecule has 0 aliphatic rings. The number of pyridine rings is 1. The summed E-state index contributed by atoms with van der Waals surface area (Å²) in [5.74, 6) is -3.16. The van der Waals surface area contributed by atoms with Gasteiger partial charge in [0.1, 0.15) is 5.82 Å². The third-order valence-electron chi connectivity index (χ3n) is 2.24. The predicted octanol–water partition coefficient (Wildman–Crippen LogP) is 3.87. The highest BCUT2D eigenvalue weighted by Gasteiger charge is 2.10. The minimum atomic E-state index is -1.22. The molecule has 94 valence electrons. The number of benzene rings is 1. The van der Waals surface area contributed by atoms with Crippen LogP contribution in [0.5, 0.6) is 0 Å². The van der Waals surface area contributed by atoms with E-state index in [9.17, 15) is 13.2 Å². The van der Waals surface area contributed by atoms with E-state index in [1.54, 1.807) is 18.3 Å². The molecule has 0 saturated heterocycles. The summed E-state index contributed by atoms with van der Waals surface area (Å²) >= 11 is 3.23. The lowest BCUT2D eigenvalue weighted by atomic mass is 10.2. The van der Waals surface area contributed by atoms with Gasteiger partial charge in [0.2, 0.25) is 0 Å². The van der Waals surface area contributed by atoms with Gasteiger partial charge in [-0.1, -0.05) is 0 Å². The maximum absolute atomic E-state index is 13.3. The first-order valence-electron chi connectivity index (χ1n) is 5.05. The second-order valence-corrected chi connectivity index (χ2v) is 4.49. The van der Waals surface area contributed by atoms with Crippen molar-refractivity contribution < 1.29 is 13.2 Å². The molecule has 0 aliphatic carbocycles. The highest BCUT2D eigenvalue weighted by molar-refractivity contribution is 9.10. The van der Waals surface area contributed by atoms with Crippen molar-refractivity contribution in [3.05, 3.63) is 58.1 Å². The van der Waals surface area contributed by atoms with Crippen molar-refractivity contribution in [3.8, 4) is 0 Å². The molecule has 0 unspecified atom stereocenters. The smallest absolute Gasteiger partial charge is 0.182 e. The molecule has 1 heterocycles. The van der Waals surface area contributed by atoms with Crippen LogP contribution in [0.1, 0.15) is 5.69 Å². The quantitative estimate of drug-likeness (QED) is 0.869. The van der Waals surface area contributed by atoms with Crippen molar-refractivity contribution in [2.45, 2.75) is 6.54 Å². The van der Waals surface area contributed by atoms with Crippen LogP contribution in [0.3, 0.4) is 0 Å². The number of halogens is 4. The molecule has 18 heavy (non-hydrogen) atoms. The summed E-state index contributed by atoms with van der Waals surface area (Å²) in [7, 11) is 0. The molecule has 0 spiro atoms. The number of hydrogen-bond acceptors (Lipinski definition) is 2.